The van der Waals surface area contributed by atoms with Crippen molar-refractivity contribution in [3.05, 3.63) is 60.2 Å². The van der Waals surface area contributed by atoms with E-state index in [4.69, 9.17) is 5.73 Å². The molecule has 0 aliphatic rings. The Morgan fingerprint density at radius 3 is 2.09 bits per heavy atom. The molecule has 0 aromatic heterocycles. The molecule has 1 heteroatoms. The van der Waals surface area contributed by atoms with Crippen molar-refractivity contribution in [3.63, 3.8) is 0 Å². The summed E-state index contributed by atoms with van der Waals surface area (Å²) in [5.74, 6) is 0.485. The molecule has 0 amide bonds. The van der Waals surface area contributed by atoms with Gasteiger partial charge in [-0.15, -0.1) is 0 Å². The second kappa shape index (κ2) is 4.96. The molecular formula is C21H21N. The van der Waals surface area contributed by atoms with E-state index < -0.39 is 0 Å². The maximum absolute atomic E-state index is 6.55. The Hall–Kier alpha value is -2.12. The number of hydrogen-bond acceptors (Lipinski definition) is 1. The fourth-order valence-electron chi connectivity index (χ4n) is 3.61. The Labute approximate surface area is 131 Å². The zero-order valence-electron chi connectivity index (χ0n) is 13.1. The molecule has 0 radical (unpaired) electrons. The molecule has 1 nitrogen and oxygen atoms in total. The van der Waals surface area contributed by atoms with Gasteiger partial charge in [0.2, 0.25) is 0 Å². The van der Waals surface area contributed by atoms with Crippen molar-refractivity contribution in [1.82, 2.24) is 0 Å². The summed E-state index contributed by atoms with van der Waals surface area (Å²) in [6.45, 7) is 4.45. The van der Waals surface area contributed by atoms with Crippen molar-refractivity contribution in [2.45, 2.75) is 26.3 Å². The van der Waals surface area contributed by atoms with Gasteiger partial charge in [-0.1, -0.05) is 74.9 Å². The highest BCUT2D eigenvalue weighted by Crippen LogP contribution is 2.38. The Morgan fingerprint density at radius 2 is 1.41 bits per heavy atom. The third-order valence-electron chi connectivity index (χ3n) is 5.18. The topological polar surface area (TPSA) is 26.0 Å². The third kappa shape index (κ3) is 1.82. The van der Waals surface area contributed by atoms with E-state index in [2.05, 4.69) is 68.4 Å². The van der Waals surface area contributed by atoms with E-state index >= 15 is 0 Å². The molecular weight excluding hydrogens is 266 g/mol. The smallest absolute Gasteiger partial charge is 0.0326 e. The molecule has 0 saturated heterocycles. The first-order valence-corrected chi connectivity index (χ1v) is 8.12. The van der Waals surface area contributed by atoms with Crippen molar-refractivity contribution < 1.29 is 0 Å². The monoisotopic (exact) mass is 287 g/mol. The minimum Gasteiger partial charge on any atom is -0.324 e. The largest absolute Gasteiger partial charge is 0.324 e. The van der Waals surface area contributed by atoms with E-state index in [1.165, 1.54) is 37.9 Å². The molecule has 2 atom stereocenters. The Kier molecular flexibility index (Phi) is 3.05. The van der Waals surface area contributed by atoms with Gasteiger partial charge in [-0.3, -0.25) is 0 Å². The molecule has 4 rings (SSSR count). The van der Waals surface area contributed by atoms with Crippen molar-refractivity contribution in [1.29, 1.82) is 0 Å². The molecule has 2 N–H and O–H groups in total. The molecule has 0 saturated carbocycles. The van der Waals surface area contributed by atoms with Crippen LogP contribution in [0, 0.1) is 5.92 Å². The highest BCUT2D eigenvalue weighted by Gasteiger charge is 2.18. The van der Waals surface area contributed by atoms with Crippen LogP contribution in [-0.2, 0) is 0 Å². The molecule has 0 heterocycles. The second-order valence-electron chi connectivity index (χ2n) is 6.42. The normalized spacial score (nSPS) is 14.9. The van der Waals surface area contributed by atoms with Crippen LogP contribution in [0.3, 0.4) is 0 Å². The molecule has 1 unspecified atom stereocenters. The average Bonchev–Trinajstić information content (AvgIpc) is 2.58. The van der Waals surface area contributed by atoms with Gasteiger partial charge >= 0.3 is 0 Å². The van der Waals surface area contributed by atoms with Gasteiger partial charge in [-0.25, -0.2) is 0 Å². The SMILES string of the molecule is CCC(C)[C@@H](N)c1ccc2ccc3cccc4ccc1c2c34. The minimum absolute atomic E-state index is 0.0922. The fraction of sp³-hybridized carbons (Fsp3) is 0.238. The van der Waals surface area contributed by atoms with Crippen LogP contribution in [0.5, 0.6) is 0 Å². The van der Waals surface area contributed by atoms with Crippen molar-refractivity contribution in [2.75, 3.05) is 0 Å². The molecule has 22 heavy (non-hydrogen) atoms. The van der Waals surface area contributed by atoms with Crippen molar-refractivity contribution >= 4 is 32.3 Å². The fourth-order valence-corrected chi connectivity index (χ4v) is 3.61. The van der Waals surface area contributed by atoms with Crippen LogP contribution >= 0.6 is 0 Å². The summed E-state index contributed by atoms with van der Waals surface area (Å²) in [5, 5.41) is 7.98. The van der Waals surface area contributed by atoms with Crippen LogP contribution in [0.2, 0.25) is 0 Å². The van der Waals surface area contributed by atoms with Crippen LogP contribution in [0.25, 0.3) is 32.3 Å². The quantitative estimate of drug-likeness (QED) is 0.485. The summed E-state index contributed by atoms with van der Waals surface area (Å²) in [7, 11) is 0. The number of rotatable bonds is 3. The molecule has 0 spiro atoms. The summed E-state index contributed by atoms with van der Waals surface area (Å²) in [6, 6.07) is 20.0. The lowest BCUT2D eigenvalue weighted by Crippen LogP contribution is -2.18. The standard InChI is InChI=1S/C21H21N/c1-3-13(2)21(22)18-12-10-16-8-7-14-5-4-6-15-9-11-17(18)20(16)19(14)15/h4-13,21H,3,22H2,1-2H3/t13?,21-/m1/s1. The molecule has 0 aliphatic heterocycles. The second-order valence-corrected chi connectivity index (χ2v) is 6.42. The van der Waals surface area contributed by atoms with E-state index in [0.29, 0.717) is 5.92 Å². The van der Waals surface area contributed by atoms with Gasteiger partial charge in [-0.05, 0) is 43.8 Å². The summed E-state index contributed by atoms with van der Waals surface area (Å²) < 4.78 is 0. The predicted octanol–water partition coefficient (Wildman–Crippen LogP) is 5.63. The Morgan fingerprint density at radius 1 is 0.818 bits per heavy atom. The zero-order valence-corrected chi connectivity index (χ0v) is 13.1. The molecule has 0 aliphatic carbocycles. The first kappa shape index (κ1) is 13.5. The Balaban J connectivity index is 2.12. The lowest BCUT2D eigenvalue weighted by molar-refractivity contribution is 0.459. The van der Waals surface area contributed by atoms with Gasteiger partial charge in [-0.2, -0.15) is 0 Å². The lowest BCUT2D eigenvalue weighted by Gasteiger charge is -2.22. The molecule has 0 fully saturated rings. The lowest BCUT2D eigenvalue weighted by atomic mass is 9.86. The van der Waals surface area contributed by atoms with Crippen LogP contribution < -0.4 is 5.73 Å². The zero-order chi connectivity index (χ0) is 15.3. The van der Waals surface area contributed by atoms with Gasteiger partial charge in [0.1, 0.15) is 0 Å². The first-order chi connectivity index (χ1) is 10.7. The van der Waals surface area contributed by atoms with Gasteiger partial charge in [0.05, 0.1) is 0 Å². The Bertz CT molecular complexity index is 938. The molecule has 0 bridgehead atoms. The average molecular weight is 287 g/mol. The maximum Gasteiger partial charge on any atom is 0.0326 e. The van der Waals surface area contributed by atoms with E-state index in [-0.39, 0.29) is 6.04 Å². The van der Waals surface area contributed by atoms with Crippen LogP contribution in [0.15, 0.2) is 54.6 Å². The van der Waals surface area contributed by atoms with E-state index in [0.717, 1.165) is 6.42 Å². The number of hydrogen-bond donors (Lipinski definition) is 1. The van der Waals surface area contributed by atoms with E-state index in [1.807, 2.05) is 0 Å². The van der Waals surface area contributed by atoms with Crippen molar-refractivity contribution in [3.8, 4) is 0 Å². The number of nitrogens with two attached hydrogens (primary N) is 1. The van der Waals surface area contributed by atoms with Crippen LogP contribution in [0.1, 0.15) is 31.9 Å². The van der Waals surface area contributed by atoms with Gasteiger partial charge < -0.3 is 5.73 Å². The van der Waals surface area contributed by atoms with Gasteiger partial charge in [0.15, 0.2) is 0 Å². The van der Waals surface area contributed by atoms with Crippen LogP contribution in [-0.4, -0.2) is 0 Å². The van der Waals surface area contributed by atoms with Crippen LogP contribution in [0.4, 0.5) is 0 Å². The molecule has 4 aromatic rings. The highest BCUT2D eigenvalue weighted by molar-refractivity contribution is 6.23. The van der Waals surface area contributed by atoms with Gasteiger partial charge in [0, 0.05) is 6.04 Å². The highest BCUT2D eigenvalue weighted by atomic mass is 14.6. The third-order valence-corrected chi connectivity index (χ3v) is 5.18. The van der Waals surface area contributed by atoms with E-state index in [9.17, 15) is 0 Å². The summed E-state index contributed by atoms with van der Waals surface area (Å²) in [4.78, 5) is 0. The predicted molar refractivity (Wildman–Crippen MR) is 96.5 cm³/mol. The molecule has 110 valence electrons. The summed E-state index contributed by atoms with van der Waals surface area (Å²) in [6.07, 6.45) is 1.10. The van der Waals surface area contributed by atoms with Crippen molar-refractivity contribution in [2.24, 2.45) is 11.7 Å². The summed E-state index contributed by atoms with van der Waals surface area (Å²) in [5.41, 5.74) is 7.83. The van der Waals surface area contributed by atoms with Gasteiger partial charge in [0.25, 0.3) is 0 Å². The first-order valence-electron chi connectivity index (χ1n) is 8.12. The minimum atomic E-state index is 0.0922. The molecule has 4 aromatic carbocycles. The summed E-state index contributed by atoms with van der Waals surface area (Å²) >= 11 is 0. The van der Waals surface area contributed by atoms with E-state index in [1.54, 1.807) is 0 Å². The maximum atomic E-state index is 6.55. The number of benzene rings is 4.